The fraction of sp³-hybridized carbons (Fsp3) is 0.500. The highest BCUT2D eigenvalue weighted by Gasteiger charge is 2.28. The molecular formula is C16H23NO3S. The SMILES string of the molecule is Cc1ccc(/C=C/S(=O)(=O)N2CCC(C(C)O)CC2)cc1. The first-order valence-electron chi connectivity index (χ1n) is 7.31. The highest BCUT2D eigenvalue weighted by Crippen LogP contribution is 2.23. The highest BCUT2D eigenvalue weighted by molar-refractivity contribution is 7.92. The largest absolute Gasteiger partial charge is 0.393 e. The second kappa shape index (κ2) is 6.73. The van der Waals surface area contributed by atoms with Crippen LogP contribution in [0.15, 0.2) is 29.7 Å². The average Bonchev–Trinajstić information content (AvgIpc) is 2.47. The lowest BCUT2D eigenvalue weighted by Crippen LogP contribution is -2.39. The molecule has 1 saturated heterocycles. The van der Waals surface area contributed by atoms with Crippen molar-refractivity contribution in [3.63, 3.8) is 0 Å². The van der Waals surface area contributed by atoms with Crippen molar-refractivity contribution < 1.29 is 13.5 Å². The second-order valence-corrected chi connectivity index (χ2v) is 7.55. The molecule has 1 unspecified atom stereocenters. The van der Waals surface area contributed by atoms with Crippen LogP contribution in [0.3, 0.4) is 0 Å². The van der Waals surface area contributed by atoms with E-state index in [2.05, 4.69) is 0 Å². The zero-order valence-electron chi connectivity index (χ0n) is 12.6. The molecule has 5 heteroatoms. The van der Waals surface area contributed by atoms with Gasteiger partial charge in [0.25, 0.3) is 0 Å². The number of sulfonamides is 1. The van der Waals surface area contributed by atoms with Gasteiger partial charge >= 0.3 is 0 Å². The predicted octanol–water partition coefficient (Wildman–Crippen LogP) is 2.39. The van der Waals surface area contributed by atoms with Crippen molar-refractivity contribution in [3.8, 4) is 0 Å². The van der Waals surface area contributed by atoms with E-state index in [1.807, 2.05) is 31.2 Å². The number of aliphatic hydroxyl groups is 1. The summed E-state index contributed by atoms with van der Waals surface area (Å²) in [6, 6.07) is 7.73. The minimum Gasteiger partial charge on any atom is -0.393 e. The summed E-state index contributed by atoms with van der Waals surface area (Å²) in [5.41, 5.74) is 2.03. The molecule has 1 aliphatic rings. The summed E-state index contributed by atoms with van der Waals surface area (Å²) in [5, 5.41) is 10.8. The molecule has 0 radical (unpaired) electrons. The maximum absolute atomic E-state index is 12.3. The van der Waals surface area contributed by atoms with Crippen molar-refractivity contribution in [2.45, 2.75) is 32.8 Å². The third-order valence-corrected chi connectivity index (χ3v) is 5.62. The van der Waals surface area contributed by atoms with Crippen molar-refractivity contribution in [2.75, 3.05) is 13.1 Å². The molecular weight excluding hydrogens is 286 g/mol. The number of benzene rings is 1. The summed E-state index contributed by atoms with van der Waals surface area (Å²) in [6.07, 6.45) is 2.71. The zero-order chi connectivity index (χ0) is 15.5. The molecule has 0 bridgehead atoms. The monoisotopic (exact) mass is 309 g/mol. The van der Waals surface area contributed by atoms with Gasteiger partial charge in [-0.05, 0) is 44.2 Å². The van der Waals surface area contributed by atoms with Crippen LogP contribution in [0.4, 0.5) is 0 Å². The molecule has 116 valence electrons. The van der Waals surface area contributed by atoms with Crippen LogP contribution in [-0.2, 0) is 10.0 Å². The van der Waals surface area contributed by atoms with Gasteiger partial charge in [0.1, 0.15) is 0 Å². The molecule has 1 fully saturated rings. The van der Waals surface area contributed by atoms with Crippen LogP contribution < -0.4 is 0 Å². The molecule has 0 amide bonds. The Morgan fingerprint density at radius 1 is 1.24 bits per heavy atom. The summed E-state index contributed by atoms with van der Waals surface area (Å²) >= 11 is 0. The van der Waals surface area contributed by atoms with Gasteiger partial charge in [-0.1, -0.05) is 29.8 Å². The second-order valence-electron chi connectivity index (χ2n) is 5.74. The lowest BCUT2D eigenvalue weighted by atomic mass is 9.93. The summed E-state index contributed by atoms with van der Waals surface area (Å²) in [6.45, 7) is 4.73. The molecule has 1 aromatic carbocycles. The Bertz CT molecular complexity index is 582. The van der Waals surface area contributed by atoms with Crippen LogP contribution in [0.5, 0.6) is 0 Å². The number of aryl methyl sites for hydroxylation is 1. The van der Waals surface area contributed by atoms with Gasteiger partial charge < -0.3 is 5.11 Å². The molecule has 1 aromatic rings. The van der Waals surface area contributed by atoms with Gasteiger partial charge in [0.05, 0.1) is 6.10 Å². The predicted molar refractivity (Wildman–Crippen MR) is 85.1 cm³/mol. The molecule has 21 heavy (non-hydrogen) atoms. The number of rotatable bonds is 4. The van der Waals surface area contributed by atoms with Crippen LogP contribution in [0, 0.1) is 12.8 Å². The molecule has 1 aliphatic heterocycles. The molecule has 0 aliphatic carbocycles. The first kappa shape index (κ1) is 16.2. The van der Waals surface area contributed by atoms with E-state index in [1.54, 1.807) is 13.0 Å². The van der Waals surface area contributed by atoms with Gasteiger partial charge in [0.15, 0.2) is 0 Å². The molecule has 1 heterocycles. The molecule has 1 N–H and O–H groups in total. The van der Waals surface area contributed by atoms with Crippen LogP contribution >= 0.6 is 0 Å². The Labute approximate surface area is 127 Å². The van der Waals surface area contributed by atoms with Crippen molar-refractivity contribution in [1.29, 1.82) is 0 Å². The van der Waals surface area contributed by atoms with E-state index in [0.717, 1.165) is 24.0 Å². The van der Waals surface area contributed by atoms with E-state index >= 15 is 0 Å². The van der Waals surface area contributed by atoms with E-state index in [4.69, 9.17) is 0 Å². The molecule has 0 saturated carbocycles. The topological polar surface area (TPSA) is 57.6 Å². The van der Waals surface area contributed by atoms with E-state index < -0.39 is 10.0 Å². The van der Waals surface area contributed by atoms with Gasteiger partial charge in [-0.2, -0.15) is 4.31 Å². The molecule has 4 nitrogen and oxygen atoms in total. The van der Waals surface area contributed by atoms with E-state index in [0.29, 0.717) is 13.1 Å². The highest BCUT2D eigenvalue weighted by atomic mass is 32.2. The first-order chi connectivity index (χ1) is 9.88. The minimum atomic E-state index is -3.37. The number of hydrogen-bond donors (Lipinski definition) is 1. The molecule has 0 spiro atoms. The fourth-order valence-electron chi connectivity index (χ4n) is 2.54. The van der Waals surface area contributed by atoms with E-state index in [9.17, 15) is 13.5 Å². The van der Waals surface area contributed by atoms with Crippen LogP contribution in [-0.4, -0.2) is 37.0 Å². The summed E-state index contributed by atoms with van der Waals surface area (Å²) in [4.78, 5) is 0. The van der Waals surface area contributed by atoms with Gasteiger partial charge in [-0.25, -0.2) is 8.42 Å². The standard InChI is InChI=1S/C16H23NO3S/c1-13-3-5-15(6-4-13)9-12-21(19,20)17-10-7-16(8-11-17)14(2)18/h3-6,9,12,14,16,18H,7-8,10-11H2,1-2H3/b12-9+. The fourth-order valence-corrected chi connectivity index (χ4v) is 3.76. The zero-order valence-corrected chi connectivity index (χ0v) is 13.4. The summed E-state index contributed by atoms with van der Waals surface area (Å²) < 4.78 is 26.1. The van der Waals surface area contributed by atoms with E-state index in [1.165, 1.54) is 9.71 Å². The quantitative estimate of drug-likeness (QED) is 0.929. The van der Waals surface area contributed by atoms with Crippen molar-refractivity contribution >= 4 is 16.1 Å². The summed E-state index contributed by atoms with van der Waals surface area (Å²) in [7, 11) is -3.37. The Hall–Kier alpha value is -1.17. The smallest absolute Gasteiger partial charge is 0.236 e. The number of hydrogen-bond acceptors (Lipinski definition) is 3. The third-order valence-electron chi connectivity index (χ3n) is 4.05. The van der Waals surface area contributed by atoms with Gasteiger partial charge in [0.2, 0.25) is 10.0 Å². The summed E-state index contributed by atoms with van der Waals surface area (Å²) in [5.74, 6) is 0.206. The molecule has 0 aromatic heterocycles. The van der Waals surface area contributed by atoms with Crippen molar-refractivity contribution in [3.05, 3.63) is 40.8 Å². The maximum atomic E-state index is 12.3. The van der Waals surface area contributed by atoms with Crippen LogP contribution in [0.1, 0.15) is 30.9 Å². The lowest BCUT2D eigenvalue weighted by molar-refractivity contribution is 0.0914. The van der Waals surface area contributed by atoms with Gasteiger partial charge in [-0.3, -0.25) is 0 Å². The minimum absolute atomic E-state index is 0.206. The Morgan fingerprint density at radius 3 is 2.33 bits per heavy atom. The van der Waals surface area contributed by atoms with Crippen LogP contribution in [0.25, 0.3) is 6.08 Å². The lowest BCUT2D eigenvalue weighted by Gasteiger charge is -2.31. The number of piperidine rings is 1. The Balaban J connectivity index is 2.01. The Kier molecular flexibility index (Phi) is 5.19. The average molecular weight is 309 g/mol. The third kappa shape index (κ3) is 4.40. The number of nitrogens with zero attached hydrogens (tertiary/aromatic N) is 1. The maximum Gasteiger partial charge on any atom is 0.236 e. The van der Waals surface area contributed by atoms with Crippen molar-refractivity contribution in [1.82, 2.24) is 4.31 Å². The van der Waals surface area contributed by atoms with Crippen LogP contribution in [0.2, 0.25) is 0 Å². The van der Waals surface area contributed by atoms with Crippen molar-refractivity contribution in [2.24, 2.45) is 5.92 Å². The number of aliphatic hydroxyl groups excluding tert-OH is 1. The molecule has 1 atom stereocenters. The van der Waals surface area contributed by atoms with Gasteiger partial charge in [0, 0.05) is 18.5 Å². The normalized spacial score (nSPS) is 20.0. The van der Waals surface area contributed by atoms with Gasteiger partial charge in [-0.15, -0.1) is 0 Å². The first-order valence-corrected chi connectivity index (χ1v) is 8.82. The van der Waals surface area contributed by atoms with E-state index in [-0.39, 0.29) is 12.0 Å². The Morgan fingerprint density at radius 2 is 1.81 bits per heavy atom. The molecule has 2 rings (SSSR count).